The highest BCUT2D eigenvalue weighted by Crippen LogP contribution is 2.21. The Hall–Kier alpha value is -0.0000000000000000555. The van der Waals surface area contributed by atoms with E-state index in [0.717, 1.165) is 28.4 Å². The SMILES string of the molecule is Brc1nnc(CC2CCCO2)s1. The fraction of sp³-hybridized carbons (Fsp3) is 0.714. The topological polar surface area (TPSA) is 35.0 Å². The molecule has 2 heterocycles. The van der Waals surface area contributed by atoms with Gasteiger partial charge in [0.25, 0.3) is 0 Å². The summed E-state index contributed by atoms with van der Waals surface area (Å²) < 4.78 is 6.35. The molecule has 1 aliphatic heterocycles. The molecular formula is C7H9BrN2OS. The van der Waals surface area contributed by atoms with Crippen molar-refractivity contribution in [3.63, 3.8) is 0 Å². The number of rotatable bonds is 2. The molecule has 1 saturated heterocycles. The van der Waals surface area contributed by atoms with Gasteiger partial charge in [0, 0.05) is 13.0 Å². The molecule has 0 radical (unpaired) electrons. The molecule has 3 nitrogen and oxygen atoms in total. The van der Waals surface area contributed by atoms with E-state index >= 15 is 0 Å². The Morgan fingerprint density at radius 3 is 3.08 bits per heavy atom. The van der Waals surface area contributed by atoms with Crippen LogP contribution in [0, 0.1) is 0 Å². The van der Waals surface area contributed by atoms with Gasteiger partial charge in [-0.3, -0.25) is 0 Å². The largest absolute Gasteiger partial charge is 0.378 e. The molecule has 0 amide bonds. The molecule has 66 valence electrons. The van der Waals surface area contributed by atoms with Gasteiger partial charge in [0.05, 0.1) is 6.10 Å². The lowest BCUT2D eigenvalue weighted by atomic mass is 10.2. The van der Waals surface area contributed by atoms with Crippen molar-refractivity contribution in [2.75, 3.05) is 6.61 Å². The fourth-order valence-electron chi connectivity index (χ4n) is 1.32. The Bertz CT molecular complexity index is 260. The minimum absolute atomic E-state index is 0.379. The third kappa shape index (κ3) is 2.02. The number of hydrogen-bond acceptors (Lipinski definition) is 4. The molecule has 0 bridgehead atoms. The van der Waals surface area contributed by atoms with Gasteiger partial charge in [0.2, 0.25) is 0 Å². The van der Waals surface area contributed by atoms with Crippen molar-refractivity contribution < 1.29 is 4.74 Å². The second kappa shape index (κ2) is 3.81. The van der Waals surface area contributed by atoms with Gasteiger partial charge in [-0.25, -0.2) is 0 Å². The highest BCUT2D eigenvalue weighted by Gasteiger charge is 2.17. The summed E-state index contributed by atoms with van der Waals surface area (Å²) in [7, 11) is 0. The maximum absolute atomic E-state index is 5.49. The maximum atomic E-state index is 5.49. The monoisotopic (exact) mass is 248 g/mol. The van der Waals surface area contributed by atoms with Crippen LogP contribution in [0.15, 0.2) is 3.92 Å². The zero-order chi connectivity index (χ0) is 8.39. The molecule has 0 aliphatic carbocycles. The Morgan fingerprint density at radius 1 is 1.58 bits per heavy atom. The van der Waals surface area contributed by atoms with E-state index in [1.807, 2.05) is 0 Å². The Kier molecular flexibility index (Phi) is 2.73. The van der Waals surface area contributed by atoms with Gasteiger partial charge < -0.3 is 4.74 Å². The van der Waals surface area contributed by atoms with Crippen LogP contribution in [0.4, 0.5) is 0 Å². The highest BCUT2D eigenvalue weighted by atomic mass is 79.9. The number of aromatic nitrogens is 2. The van der Waals surface area contributed by atoms with Gasteiger partial charge in [-0.05, 0) is 28.8 Å². The van der Waals surface area contributed by atoms with Crippen molar-refractivity contribution in [2.45, 2.75) is 25.4 Å². The van der Waals surface area contributed by atoms with Crippen molar-refractivity contribution in [1.29, 1.82) is 0 Å². The Balaban J connectivity index is 1.94. The Morgan fingerprint density at radius 2 is 2.50 bits per heavy atom. The van der Waals surface area contributed by atoms with E-state index in [4.69, 9.17) is 4.74 Å². The molecule has 12 heavy (non-hydrogen) atoms. The van der Waals surface area contributed by atoms with Crippen LogP contribution in [0.3, 0.4) is 0 Å². The quantitative estimate of drug-likeness (QED) is 0.804. The first-order chi connectivity index (χ1) is 5.84. The molecule has 0 spiro atoms. The van der Waals surface area contributed by atoms with Crippen molar-refractivity contribution in [3.8, 4) is 0 Å². The van der Waals surface area contributed by atoms with Gasteiger partial charge in [0.1, 0.15) is 5.01 Å². The highest BCUT2D eigenvalue weighted by molar-refractivity contribution is 9.11. The molecule has 0 N–H and O–H groups in total. The van der Waals surface area contributed by atoms with Crippen LogP contribution in [0.1, 0.15) is 17.8 Å². The minimum atomic E-state index is 0.379. The van der Waals surface area contributed by atoms with Gasteiger partial charge in [-0.2, -0.15) is 0 Å². The molecule has 1 aromatic heterocycles. The summed E-state index contributed by atoms with van der Waals surface area (Å²) >= 11 is 4.87. The lowest BCUT2D eigenvalue weighted by molar-refractivity contribution is 0.111. The lowest BCUT2D eigenvalue weighted by Gasteiger charge is -2.04. The van der Waals surface area contributed by atoms with Gasteiger partial charge in [-0.15, -0.1) is 10.2 Å². The van der Waals surface area contributed by atoms with E-state index in [1.54, 1.807) is 11.3 Å². The second-order valence-corrected chi connectivity index (χ2v) is 5.13. The molecule has 5 heteroatoms. The number of hydrogen-bond donors (Lipinski definition) is 0. The summed E-state index contributed by atoms with van der Waals surface area (Å²) in [6.07, 6.45) is 3.65. The average molecular weight is 249 g/mol. The average Bonchev–Trinajstić information content (AvgIpc) is 2.63. The van der Waals surface area contributed by atoms with Crippen molar-refractivity contribution >= 4 is 27.3 Å². The summed E-state index contributed by atoms with van der Waals surface area (Å²) in [5, 5.41) is 8.97. The number of halogens is 1. The van der Waals surface area contributed by atoms with Gasteiger partial charge in [-0.1, -0.05) is 11.3 Å². The van der Waals surface area contributed by atoms with E-state index in [1.165, 1.54) is 6.42 Å². The predicted octanol–water partition coefficient (Wildman–Crippen LogP) is 2.02. The Labute approximate surface area is 83.3 Å². The molecule has 1 aromatic rings. The van der Waals surface area contributed by atoms with Crippen LogP contribution in [0.5, 0.6) is 0 Å². The summed E-state index contributed by atoms with van der Waals surface area (Å²) in [5.74, 6) is 0. The van der Waals surface area contributed by atoms with Crippen LogP contribution in [-0.2, 0) is 11.2 Å². The fourth-order valence-corrected chi connectivity index (χ4v) is 2.58. The van der Waals surface area contributed by atoms with Crippen LogP contribution in [-0.4, -0.2) is 22.9 Å². The van der Waals surface area contributed by atoms with E-state index in [0.29, 0.717) is 6.10 Å². The number of ether oxygens (including phenoxy) is 1. The first-order valence-electron chi connectivity index (χ1n) is 3.94. The summed E-state index contributed by atoms with van der Waals surface area (Å²) in [6, 6.07) is 0. The maximum Gasteiger partial charge on any atom is 0.183 e. The molecule has 0 aromatic carbocycles. The molecule has 1 atom stereocenters. The smallest absolute Gasteiger partial charge is 0.183 e. The van der Waals surface area contributed by atoms with Crippen molar-refractivity contribution in [2.24, 2.45) is 0 Å². The first kappa shape index (κ1) is 8.59. The van der Waals surface area contributed by atoms with Crippen LogP contribution in [0.25, 0.3) is 0 Å². The zero-order valence-corrected chi connectivity index (χ0v) is 8.90. The van der Waals surface area contributed by atoms with Crippen molar-refractivity contribution in [3.05, 3.63) is 8.92 Å². The zero-order valence-electron chi connectivity index (χ0n) is 6.49. The number of nitrogens with zero attached hydrogens (tertiary/aromatic N) is 2. The first-order valence-corrected chi connectivity index (χ1v) is 5.55. The molecule has 2 rings (SSSR count). The molecule has 1 unspecified atom stereocenters. The molecule has 0 saturated carbocycles. The second-order valence-electron chi connectivity index (χ2n) is 2.79. The van der Waals surface area contributed by atoms with Crippen LogP contribution < -0.4 is 0 Å². The normalized spacial score (nSPS) is 23.2. The van der Waals surface area contributed by atoms with E-state index in [9.17, 15) is 0 Å². The minimum Gasteiger partial charge on any atom is -0.378 e. The van der Waals surface area contributed by atoms with E-state index < -0.39 is 0 Å². The third-order valence-electron chi connectivity index (χ3n) is 1.87. The van der Waals surface area contributed by atoms with Gasteiger partial charge in [0.15, 0.2) is 3.92 Å². The summed E-state index contributed by atoms with van der Waals surface area (Å²) in [5.41, 5.74) is 0. The van der Waals surface area contributed by atoms with E-state index in [-0.39, 0.29) is 0 Å². The lowest BCUT2D eigenvalue weighted by Crippen LogP contribution is -2.08. The molecular weight excluding hydrogens is 240 g/mol. The molecule has 1 aliphatic rings. The third-order valence-corrected chi connectivity index (χ3v) is 3.25. The van der Waals surface area contributed by atoms with Crippen molar-refractivity contribution in [1.82, 2.24) is 10.2 Å². The molecule has 1 fully saturated rings. The summed E-state index contributed by atoms with van der Waals surface area (Å²) in [4.78, 5) is 0. The van der Waals surface area contributed by atoms with Crippen LogP contribution in [0.2, 0.25) is 0 Å². The summed E-state index contributed by atoms with van der Waals surface area (Å²) in [6.45, 7) is 0.907. The van der Waals surface area contributed by atoms with Crippen LogP contribution >= 0.6 is 27.3 Å². The van der Waals surface area contributed by atoms with E-state index in [2.05, 4.69) is 26.1 Å². The van der Waals surface area contributed by atoms with Gasteiger partial charge >= 0.3 is 0 Å². The predicted molar refractivity (Wildman–Crippen MR) is 50.3 cm³/mol. The standard InChI is InChI=1S/C7H9BrN2OS/c8-7-10-9-6(12-7)4-5-2-1-3-11-5/h5H,1-4H2.